The summed E-state index contributed by atoms with van der Waals surface area (Å²) < 4.78 is 30.0. The van der Waals surface area contributed by atoms with Gasteiger partial charge in [0, 0.05) is 0 Å². The van der Waals surface area contributed by atoms with E-state index < -0.39 is 24.0 Å². The minimum Gasteiger partial charge on any atom is -0.480 e. The summed E-state index contributed by atoms with van der Waals surface area (Å²) in [5.41, 5.74) is -0.586. The van der Waals surface area contributed by atoms with Crippen LogP contribution in [0.5, 0.6) is 5.75 Å². The van der Waals surface area contributed by atoms with Crippen molar-refractivity contribution in [2.75, 3.05) is 0 Å². The minimum absolute atomic E-state index is 0.0127. The molecular weight excluding hydrogens is 362 g/mol. The first kappa shape index (κ1) is 20.3. The van der Waals surface area contributed by atoms with Gasteiger partial charge < -0.3 is 15.2 Å². The van der Waals surface area contributed by atoms with E-state index in [0.29, 0.717) is 17.8 Å². The van der Waals surface area contributed by atoms with Crippen LogP contribution in [0.4, 0.5) is 8.78 Å². The molecule has 8 nitrogen and oxygen atoms in total. The van der Waals surface area contributed by atoms with Gasteiger partial charge in [0.2, 0.25) is 0 Å². The number of aliphatic carboxylic acids is 1. The van der Waals surface area contributed by atoms with Gasteiger partial charge in [-0.05, 0) is 44.5 Å². The Morgan fingerprint density at radius 1 is 1.33 bits per heavy atom. The number of halogens is 2. The number of carboxylic acids is 1. The summed E-state index contributed by atoms with van der Waals surface area (Å²) in [5, 5.41) is 19.6. The maximum Gasteiger partial charge on any atom is 0.387 e. The maximum atomic E-state index is 12.5. The molecule has 1 unspecified atom stereocenters. The van der Waals surface area contributed by atoms with Crippen LogP contribution in [-0.2, 0) is 4.79 Å². The number of amides is 1. The smallest absolute Gasteiger partial charge is 0.387 e. The molecule has 1 aromatic carbocycles. The molecule has 0 aliphatic carbocycles. The van der Waals surface area contributed by atoms with Crippen molar-refractivity contribution in [2.24, 2.45) is 0 Å². The van der Waals surface area contributed by atoms with Gasteiger partial charge in [0.25, 0.3) is 5.91 Å². The van der Waals surface area contributed by atoms with E-state index in [0.717, 1.165) is 0 Å². The molecule has 2 N–H and O–H groups in total. The van der Waals surface area contributed by atoms with Crippen LogP contribution in [0.1, 0.15) is 42.9 Å². The number of aromatic nitrogens is 3. The second-order valence-corrected chi connectivity index (χ2v) is 6.15. The fourth-order valence-corrected chi connectivity index (χ4v) is 2.59. The molecule has 1 atom stereocenters. The van der Waals surface area contributed by atoms with Crippen LogP contribution >= 0.6 is 0 Å². The highest BCUT2D eigenvalue weighted by atomic mass is 19.3. The molecular formula is C17H20F2N4O4. The lowest BCUT2D eigenvalue weighted by molar-refractivity contribution is -0.144. The van der Waals surface area contributed by atoms with E-state index >= 15 is 0 Å². The molecule has 1 heterocycles. The summed E-state index contributed by atoms with van der Waals surface area (Å²) in [5.74, 6) is -1.81. The summed E-state index contributed by atoms with van der Waals surface area (Å²) in [6, 6.07) is 5.65. The normalized spacial score (nSPS) is 13.3. The molecule has 0 aliphatic heterocycles. The van der Waals surface area contributed by atoms with E-state index in [1.54, 1.807) is 6.92 Å². The highest BCUT2D eigenvalue weighted by Gasteiger charge is 2.35. The number of carbonyl (C=O) groups excluding carboxylic acids is 1. The molecule has 1 aromatic heterocycles. The number of carbonyl (C=O) groups is 2. The number of hydrogen-bond donors (Lipinski definition) is 2. The Labute approximate surface area is 154 Å². The number of rotatable bonds is 8. The fourth-order valence-electron chi connectivity index (χ4n) is 2.59. The average Bonchev–Trinajstić information content (AvgIpc) is 2.96. The van der Waals surface area contributed by atoms with Gasteiger partial charge in [-0.1, -0.05) is 18.6 Å². The Balaban J connectivity index is 2.23. The zero-order chi connectivity index (χ0) is 20.2. The topological polar surface area (TPSA) is 106 Å². The van der Waals surface area contributed by atoms with Crippen molar-refractivity contribution in [1.29, 1.82) is 0 Å². The van der Waals surface area contributed by atoms with E-state index in [2.05, 4.69) is 20.4 Å². The minimum atomic E-state index is -2.93. The Kier molecular flexibility index (Phi) is 6.09. The number of ether oxygens (including phenoxy) is 1. The van der Waals surface area contributed by atoms with Crippen molar-refractivity contribution in [3.63, 3.8) is 0 Å². The first-order valence-corrected chi connectivity index (χ1v) is 8.21. The molecule has 0 bridgehead atoms. The Bertz CT molecular complexity index is 823. The van der Waals surface area contributed by atoms with E-state index in [4.69, 9.17) is 0 Å². The van der Waals surface area contributed by atoms with Crippen molar-refractivity contribution >= 4 is 11.9 Å². The van der Waals surface area contributed by atoms with Gasteiger partial charge in [0.15, 0.2) is 5.69 Å². The van der Waals surface area contributed by atoms with Crippen LogP contribution in [0.25, 0.3) is 5.69 Å². The number of alkyl halides is 2. The highest BCUT2D eigenvalue weighted by molar-refractivity contribution is 5.97. The third-order valence-corrected chi connectivity index (χ3v) is 4.03. The van der Waals surface area contributed by atoms with Gasteiger partial charge in [-0.15, -0.1) is 5.10 Å². The van der Waals surface area contributed by atoms with Crippen LogP contribution in [0, 0.1) is 6.92 Å². The lowest BCUT2D eigenvalue weighted by atomic mass is 9.96. The molecule has 1 amide bonds. The number of carboxylic acid groups (broad SMARTS) is 1. The summed E-state index contributed by atoms with van der Waals surface area (Å²) in [7, 11) is 0. The van der Waals surface area contributed by atoms with Gasteiger partial charge in [0.1, 0.15) is 11.3 Å². The van der Waals surface area contributed by atoms with E-state index in [1.165, 1.54) is 35.9 Å². The van der Waals surface area contributed by atoms with E-state index in [9.17, 15) is 23.5 Å². The number of hydrogen-bond acceptors (Lipinski definition) is 5. The zero-order valence-electron chi connectivity index (χ0n) is 15.1. The number of nitrogens with one attached hydrogen (secondary N) is 1. The molecule has 10 heteroatoms. The number of nitrogens with zero attached hydrogens (tertiary/aromatic N) is 3. The SMILES string of the molecule is CCCC(C)(NC(=O)c1nnn(-c2ccc(OC(F)F)cc2)c1C)C(=O)O. The van der Waals surface area contributed by atoms with Crippen LogP contribution in [0.15, 0.2) is 24.3 Å². The van der Waals surface area contributed by atoms with E-state index in [1.807, 2.05) is 6.92 Å². The quantitative estimate of drug-likeness (QED) is 0.727. The van der Waals surface area contributed by atoms with Crippen molar-refractivity contribution in [2.45, 2.75) is 45.8 Å². The Morgan fingerprint density at radius 3 is 2.48 bits per heavy atom. The van der Waals surface area contributed by atoms with Gasteiger partial charge in [0.05, 0.1) is 11.4 Å². The van der Waals surface area contributed by atoms with Crippen LogP contribution in [-0.4, -0.2) is 44.1 Å². The molecule has 0 fully saturated rings. The lowest BCUT2D eigenvalue weighted by Crippen LogP contribution is -2.52. The molecule has 0 spiro atoms. The fraction of sp³-hybridized carbons (Fsp3) is 0.412. The third-order valence-electron chi connectivity index (χ3n) is 4.03. The van der Waals surface area contributed by atoms with Crippen molar-refractivity contribution in [1.82, 2.24) is 20.3 Å². The summed E-state index contributed by atoms with van der Waals surface area (Å²) in [6.45, 7) is 1.91. The van der Waals surface area contributed by atoms with Crippen LogP contribution < -0.4 is 10.1 Å². The molecule has 0 radical (unpaired) electrons. The molecule has 0 saturated heterocycles. The summed E-state index contributed by atoms with van der Waals surface area (Å²) >= 11 is 0. The van der Waals surface area contributed by atoms with Gasteiger partial charge >= 0.3 is 12.6 Å². The third kappa shape index (κ3) is 4.57. The van der Waals surface area contributed by atoms with Crippen molar-refractivity contribution in [3.8, 4) is 11.4 Å². The standard InChI is InChI=1S/C17H20F2N4O4/c1-4-9-17(3,15(25)26)20-14(24)13-10(2)23(22-21-13)11-5-7-12(8-6-11)27-16(18)19/h5-8,16H,4,9H2,1-3H3,(H,20,24)(H,25,26). The predicted molar refractivity (Wildman–Crippen MR) is 91.1 cm³/mol. The number of benzene rings is 1. The molecule has 0 saturated carbocycles. The predicted octanol–water partition coefficient (Wildman–Crippen LogP) is 2.55. The molecule has 146 valence electrons. The first-order chi connectivity index (χ1) is 12.7. The van der Waals surface area contributed by atoms with Crippen molar-refractivity contribution < 1.29 is 28.2 Å². The van der Waals surface area contributed by atoms with Crippen molar-refractivity contribution in [3.05, 3.63) is 35.7 Å². The first-order valence-electron chi connectivity index (χ1n) is 8.21. The monoisotopic (exact) mass is 382 g/mol. The Morgan fingerprint density at radius 2 is 1.96 bits per heavy atom. The Hall–Kier alpha value is -3.04. The van der Waals surface area contributed by atoms with Gasteiger partial charge in [-0.3, -0.25) is 4.79 Å². The van der Waals surface area contributed by atoms with E-state index in [-0.39, 0.29) is 17.9 Å². The largest absolute Gasteiger partial charge is 0.480 e. The maximum absolute atomic E-state index is 12.5. The summed E-state index contributed by atoms with van der Waals surface area (Å²) in [4.78, 5) is 24.0. The van der Waals surface area contributed by atoms with Gasteiger partial charge in [-0.2, -0.15) is 8.78 Å². The summed E-state index contributed by atoms with van der Waals surface area (Å²) in [6.07, 6.45) is 0.828. The molecule has 2 aromatic rings. The van der Waals surface area contributed by atoms with Crippen LogP contribution in [0.2, 0.25) is 0 Å². The lowest BCUT2D eigenvalue weighted by Gasteiger charge is -2.25. The zero-order valence-corrected chi connectivity index (χ0v) is 15.1. The second-order valence-electron chi connectivity index (χ2n) is 6.15. The molecule has 27 heavy (non-hydrogen) atoms. The van der Waals surface area contributed by atoms with Gasteiger partial charge in [-0.25, -0.2) is 9.48 Å². The molecule has 2 rings (SSSR count). The highest BCUT2D eigenvalue weighted by Crippen LogP contribution is 2.19. The second kappa shape index (κ2) is 8.11. The van der Waals surface area contributed by atoms with Crippen LogP contribution in [0.3, 0.4) is 0 Å². The average molecular weight is 382 g/mol. The molecule has 0 aliphatic rings.